The van der Waals surface area contributed by atoms with Gasteiger partial charge in [0.2, 0.25) is 0 Å². The number of hydrogen-bond donors (Lipinski definition) is 0. The number of allylic oxidation sites excluding steroid dienone is 3. The molecule has 2 saturated carbocycles. The van der Waals surface area contributed by atoms with Gasteiger partial charge in [0.15, 0.2) is 0 Å². The SMILES string of the molecule is CC(=O)[C@@]1(C#CC(F)(F)F)CC[C@H]2[C@@H]3CC(F)C4=CC(N=O)CCC4=C3C(c3ccc(N4CCCC4)cc3)C[C@@]21C. The van der Waals surface area contributed by atoms with E-state index in [2.05, 4.69) is 40.3 Å². The Bertz CT molecular complexity index is 1360. The molecule has 7 atom stereocenters. The second-order valence-corrected chi connectivity index (χ2v) is 12.9. The summed E-state index contributed by atoms with van der Waals surface area (Å²) in [6.45, 7) is 5.31. The van der Waals surface area contributed by atoms with Crippen molar-refractivity contribution in [2.75, 3.05) is 18.0 Å². The lowest BCUT2D eigenvalue weighted by atomic mass is 9.48. The molecule has 0 bridgehead atoms. The Morgan fingerprint density at radius 2 is 1.83 bits per heavy atom. The molecule has 4 nitrogen and oxygen atoms in total. The van der Waals surface area contributed by atoms with Crippen molar-refractivity contribution in [3.63, 3.8) is 0 Å². The van der Waals surface area contributed by atoms with E-state index in [9.17, 15) is 22.9 Å². The second-order valence-electron chi connectivity index (χ2n) is 12.9. The number of nitroso groups, excluding NO2 is 1. The zero-order chi connectivity index (χ0) is 29.2. The first kappa shape index (κ1) is 28.2. The fourth-order valence-corrected chi connectivity index (χ4v) is 9.10. The fraction of sp³-hybridized carbons (Fsp3) is 0.606. The van der Waals surface area contributed by atoms with Gasteiger partial charge in [-0.1, -0.05) is 41.8 Å². The number of rotatable bonds is 4. The molecule has 1 aromatic rings. The van der Waals surface area contributed by atoms with Gasteiger partial charge in [-0.15, -0.1) is 0 Å². The van der Waals surface area contributed by atoms with Crippen molar-refractivity contribution in [3.05, 3.63) is 57.5 Å². The molecule has 218 valence electrons. The van der Waals surface area contributed by atoms with Crippen LogP contribution in [-0.2, 0) is 4.79 Å². The van der Waals surface area contributed by atoms with Gasteiger partial charge in [-0.2, -0.15) is 18.1 Å². The molecular weight excluding hydrogens is 532 g/mol. The van der Waals surface area contributed by atoms with Crippen LogP contribution in [0.2, 0.25) is 0 Å². The van der Waals surface area contributed by atoms with E-state index in [-0.39, 0.29) is 36.4 Å². The average molecular weight is 569 g/mol. The molecule has 0 aromatic heterocycles. The highest BCUT2D eigenvalue weighted by Crippen LogP contribution is 2.70. The van der Waals surface area contributed by atoms with Crippen LogP contribution < -0.4 is 4.90 Å². The third kappa shape index (κ3) is 4.55. The van der Waals surface area contributed by atoms with Crippen molar-refractivity contribution in [2.24, 2.45) is 27.8 Å². The van der Waals surface area contributed by atoms with Crippen molar-refractivity contribution >= 4 is 11.5 Å². The molecule has 6 rings (SSSR count). The molecule has 0 spiro atoms. The van der Waals surface area contributed by atoms with E-state index in [1.54, 1.807) is 6.08 Å². The van der Waals surface area contributed by atoms with Crippen LogP contribution in [0.5, 0.6) is 0 Å². The molecule has 3 fully saturated rings. The summed E-state index contributed by atoms with van der Waals surface area (Å²) in [4.78, 5) is 27.0. The summed E-state index contributed by atoms with van der Waals surface area (Å²) in [5.74, 6) is 3.02. The third-order valence-corrected chi connectivity index (χ3v) is 11.0. The van der Waals surface area contributed by atoms with E-state index in [1.165, 1.54) is 12.8 Å². The number of benzene rings is 1. The lowest BCUT2D eigenvalue weighted by Crippen LogP contribution is -2.51. The number of nitrogens with zero attached hydrogens (tertiary/aromatic N) is 2. The van der Waals surface area contributed by atoms with Crippen LogP contribution >= 0.6 is 0 Å². The van der Waals surface area contributed by atoms with Gasteiger partial charge in [0.1, 0.15) is 18.0 Å². The lowest BCUT2D eigenvalue weighted by Gasteiger charge is -2.55. The predicted octanol–water partition coefficient (Wildman–Crippen LogP) is 7.84. The Morgan fingerprint density at radius 3 is 2.46 bits per heavy atom. The van der Waals surface area contributed by atoms with Crippen LogP contribution in [0, 0.1) is 39.4 Å². The number of carbonyl (C=O) groups is 1. The first-order chi connectivity index (χ1) is 19.5. The molecule has 1 heterocycles. The molecular formula is C33H36F4N2O2. The first-order valence-electron chi connectivity index (χ1n) is 14.9. The van der Waals surface area contributed by atoms with E-state index < -0.39 is 29.2 Å². The van der Waals surface area contributed by atoms with E-state index in [4.69, 9.17) is 0 Å². The maximum absolute atomic E-state index is 15.9. The Labute approximate surface area is 238 Å². The van der Waals surface area contributed by atoms with Crippen LogP contribution in [0.25, 0.3) is 0 Å². The highest BCUT2D eigenvalue weighted by atomic mass is 19.4. The van der Waals surface area contributed by atoms with Crippen molar-refractivity contribution in [1.29, 1.82) is 0 Å². The molecule has 0 N–H and O–H groups in total. The minimum atomic E-state index is -4.71. The molecule has 0 radical (unpaired) electrons. The number of Topliss-reactive ketones (excluding diaryl/α,β-unsaturated/α-hetero) is 1. The Balaban J connectivity index is 1.51. The molecule has 0 amide bonds. The smallest absolute Gasteiger partial charge is 0.372 e. The number of anilines is 1. The quantitative estimate of drug-likeness (QED) is 0.211. The molecule has 1 aliphatic heterocycles. The van der Waals surface area contributed by atoms with Crippen LogP contribution in [0.15, 0.2) is 52.2 Å². The standard InChI is InChI=1S/C33H36F4N2O2/c1-20(40)32(13-14-33(35,36)37)12-11-28-26-18-29(34)25-17-22(38-41)7-10-24(25)30(26)27(19-31(28,32)2)21-5-8-23(9-6-21)39-15-3-4-16-39/h5-6,8-9,17,22,26-29H,3-4,7,10-12,15-16,18-19H2,1-2H3/t22?,26-,27?,28-,29?,31-,32-/m0/s1. The topological polar surface area (TPSA) is 49.7 Å². The molecule has 3 unspecified atom stereocenters. The van der Waals surface area contributed by atoms with Gasteiger partial charge in [-0.05, 0) is 104 Å². The second kappa shape index (κ2) is 10.1. The van der Waals surface area contributed by atoms with E-state index >= 15 is 4.39 Å². The molecule has 41 heavy (non-hydrogen) atoms. The molecule has 5 aliphatic rings. The van der Waals surface area contributed by atoms with Gasteiger partial charge >= 0.3 is 6.18 Å². The Kier molecular flexibility index (Phi) is 6.94. The number of ketones is 1. The van der Waals surface area contributed by atoms with Crippen LogP contribution in [0.4, 0.5) is 23.2 Å². The van der Waals surface area contributed by atoms with Crippen molar-refractivity contribution < 1.29 is 22.4 Å². The van der Waals surface area contributed by atoms with Gasteiger partial charge in [0.25, 0.3) is 0 Å². The summed E-state index contributed by atoms with van der Waals surface area (Å²) in [7, 11) is 0. The maximum atomic E-state index is 15.9. The zero-order valence-electron chi connectivity index (χ0n) is 23.6. The number of halogens is 4. The van der Waals surface area contributed by atoms with Gasteiger partial charge in [0.05, 0.1) is 5.41 Å². The van der Waals surface area contributed by atoms with Gasteiger partial charge in [-0.3, -0.25) is 4.79 Å². The summed E-state index contributed by atoms with van der Waals surface area (Å²) in [6.07, 6.45) is 0.494. The highest BCUT2D eigenvalue weighted by molar-refractivity contribution is 5.87. The normalized spacial score (nSPS) is 36.5. The molecule has 1 aromatic carbocycles. The summed E-state index contributed by atoms with van der Waals surface area (Å²) in [5, 5.41) is 3.18. The van der Waals surface area contributed by atoms with Gasteiger partial charge < -0.3 is 4.90 Å². The van der Waals surface area contributed by atoms with Gasteiger partial charge in [0, 0.05) is 30.6 Å². The zero-order valence-corrected chi connectivity index (χ0v) is 23.6. The predicted molar refractivity (Wildman–Crippen MR) is 150 cm³/mol. The van der Waals surface area contributed by atoms with E-state index in [1.807, 2.05) is 6.92 Å². The fourth-order valence-electron chi connectivity index (χ4n) is 9.10. The molecule has 4 aliphatic carbocycles. The minimum Gasteiger partial charge on any atom is -0.372 e. The number of alkyl halides is 4. The summed E-state index contributed by atoms with van der Waals surface area (Å²) in [5.41, 5.74) is 2.52. The van der Waals surface area contributed by atoms with E-state index in [0.29, 0.717) is 31.3 Å². The third-order valence-electron chi connectivity index (χ3n) is 11.0. The average Bonchev–Trinajstić information content (AvgIpc) is 3.58. The Hall–Kier alpha value is -2.95. The Morgan fingerprint density at radius 1 is 1.12 bits per heavy atom. The maximum Gasteiger partial charge on any atom is 0.457 e. The van der Waals surface area contributed by atoms with Crippen molar-refractivity contribution in [2.45, 2.75) is 89.5 Å². The van der Waals surface area contributed by atoms with Crippen LogP contribution in [0.3, 0.4) is 0 Å². The minimum absolute atomic E-state index is 0.168. The van der Waals surface area contributed by atoms with Crippen molar-refractivity contribution in [3.8, 4) is 11.8 Å². The van der Waals surface area contributed by atoms with Crippen LogP contribution in [-0.4, -0.2) is 37.3 Å². The van der Waals surface area contributed by atoms with Gasteiger partial charge in [-0.25, -0.2) is 4.39 Å². The highest BCUT2D eigenvalue weighted by Gasteiger charge is 2.65. The van der Waals surface area contributed by atoms with Crippen LogP contribution in [0.1, 0.15) is 76.7 Å². The summed E-state index contributed by atoms with van der Waals surface area (Å²) in [6, 6.07) is 7.86. The lowest BCUT2D eigenvalue weighted by molar-refractivity contribution is -0.130. The largest absolute Gasteiger partial charge is 0.457 e. The van der Waals surface area contributed by atoms with E-state index in [0.717, 1.165) is 48.3 Å². The number of hydrogen-bond acceptors (Lipinski definition) is 4. The number of carbonyl (C=O) groups excluding carboxylic acids is 1. The monoisotopic (exact) mass is 568 g/mol. The summed E-state index contributed by atoms with van der Waals surface area (Å²) >= 11 is 0. The summed E-state index contributed by atoms with van der Waals surface area (Å²) < 4.78 is 56.0. The molecule has 1 saturated heterocycles. The number of fused-ring (bicyclic) bond motifs is 4. The van der Waals surface area contributed by atoms with Crippen molar-refractivity contribution in [1.82, 2.24) is 0 Å². The first-order valence-corrected chi connectivity index (χ1v) is 14.9. The molecule has 8 heteroatoms.